The third-order valence-corrected chi connectivity index (χ3v) is 4.45. The lowest BCUT2D eigenvalue weighted by atomic mass is 9.98. The molecule has 0 bridgehead atoms. The van der Waals surface area contributed by atoms with E-state index in [-0.39, 0.29) is 23.4 Å². The van der Waals surface area contributed by atoms with E-state index in [9.17, 15) is 14.7 Å². The molecular formula is C21H20O4. The van der Waals surface area contributed by atoms with Crippen molar-refractivity contribution in [2.75, 3.05) is 0 Å². The van der Waals surface area contributed by atoms with Crippen molar-refractivity contribution in [1.29, 1.82) is 0 Å². The average Bonchev–Trinajstić information content (AvgIpc) is 2.55. The Morgan fingerprint density at radius 1 is 1.12 bits per heavy atom. The van der Waals surface area contributed by atoms with Crippen LogP contribution < -0.4 is 5.43 Å². The van der Waals surface area contributed by atoms with Crippen LogP contribution in [0.3, 0.4) is 0 Å². The van der Waals surface area contributed by atoms with Gasteiger partial charge in [0.05, 0.1) is 16.5 Å². The molecule has 0 radical (unpaired) electrons. The Morgan fingerprint density at radius 3 is 2.52 bits per heavy atom. The number of hydrogen-bond donors (Lipinski definition) is 1. The highest BCUT2D eigenvalue weighted by Gasteiger charge is 2.15. The van der Waals surface area contributed by atoms with Crippen LogP contribution in [0.2, 0.25) is 0 Å². The molecular weight excluding hydrogens is 316 g/mol. The van der Waals surface area contributed by atoms with Crippen molar-refractivity contribution in [1.82, 2.24) is 0 Å². The number of ketones is 1. The largest absolute Gasteiger partial charge is 0.513 e. The quantitative estimate of drug-likeness (QED) is 0.554. The van der Waals surface area contributed by atoms with Crippen LogP contribution in [0.25, 0.3) is 21.9 Å². The van der Waals surface area contributed by atoms with Crippen molar-refractivity contribution in [2.24, 2.45) is 0 Å². The smallest absolute Gasteiger partial charge is 0.200 e. The summed E-state index contributed by atoms with van der Waals surface area (Å²) in [6.45, 7) is 6.99. The van der Waals surface area contributed by atoms with Crippen LogP contribution in [0.1, 0.15) is 30.0 Å². The van der Waals surface area contributed by atoms with Crippen LogP contribution in [0, 0.1) is 6.92 Å². The monoisotopic (exact) mass is 336 g/mol. The number of aliphatic hydroxyl groups excluding tert-OH is 1. The zero-order valence-electron chi connectivity index (χ0n) is 14.4. The molecule has 4 nitrogen and oxygen atoms in total. The van der Waals surface area contributed by atoms with Gasteiger partial charge in [-0.2, -0.15) is 0 Å². The molecule has 4 heteroatoms. The SMILES string of the molecule is C=C(O)Cc1cccc2c(=O)c3ccc(CCC(C)=O)c(C)c3oc12. The van der Waals surface area contributed by atoms with Crippen molar-refractivity contribution in [3.05, 3.63) is 69.6 Å². The first-order valence-corrected chi connectivity index (χ1v) is 8.21. The zero-order valence-corrected chi connectivity index (χ0v) is 14.4. The summed E-state index contributed by atoms with van der Waals surface area (Å²) in [6, 6.07) is 8.97. The molecule has 0 aliphatic carbocycles. The van der Waals surface area contributed by atoms with E-state index in [2.05, 4.69) is 6.58 Å². The summed E-state index contributed by atoms with van der Waals surface area (Å²) in [5.41, 5.74) is 3.50. The molecule has 128 valence electrons. The minimum atomic E-state index is -0.0946. The lowest BCUT2D eigenvalue weighted by molar-refractivity contribution is -0.116. The third kappa shape index (κ3) is 3.20. The van der Waals surface area contributed by atoms with Gasteiger partial charge in [-0.25, -0.2) is 0 Å². The van der Waals surface area contributed by atoms with Crippen molar-refractivity contribution in [3.63, 3.8) is 0 Å². The number of benzene rings is 2. The van der Waals surface area contributed by atoms with E-state index in [1.54, 1.807) is 25.1 Å². The number of rotatable bonds is 5. The first-order chi connectivity index (χ1) is 11.9. The van der Waals surface area contributed by atoms with Crippen LogP contribution in [0.4, 0.5) is 0 Å². The molecule has 0 atom stereocenters. The minimum absolute atomic E-state index is 0.0159. The van der Waals surface area contributed by atoms with Gasteiger partial charge in [0.25, 0.3) is 0 Å². The number of Topliss-reactive ketones (excluding diaryl/α,β-unsaturated/α-hetero) is 1. The van der Waals surface area contributed by atoms with E-state index in [1.165, 1.54) is 0 Å². The standard InChI is InChI=1S/C21H20O4/c1-12(22)7-8-15-9-10-18-19(24)17-6-4-5-16(11-13(2)23)21(17)25-20(18)14(15)3/h4-6,9-10,23H,2,7-8,11H2,1,3H3. The lowest BCUT2D eigenvalue weighted by Crippen LogP contribution is -2.06. The molecule has 2 aromatic carbocycles. The molecule has 0 aliphatic rings. The van der Waals surface area contributed by atoms with Crippen LogP contribution in [0.5, 0.6) is 0 Å². The predicted molar refractivity (Wildman–Crippen MR) is 99.2 cm³/mol. The number of para-hydroxylation sites is 1. The molecule has 0 amide bonds. The van der Waals surface area contributed by atoms with Gasteiger partial charge in [-0.15, -0.1) is 0 Å². The van der Waals surface area contributed by atoms with Crippen molar-refractivity contribution < 1.29 is 14.3 Å². The van der Waals surface area contributed by atoms with Gasteiger partial charge < -0.3 is 14.3 Å². The van der Waals surface area contributed by atoms with Gasteiger partial charge in [0.1, 0.15) is 16.9 Å². The molecule has 25 heavy (non-hydrogen) atoms. The number of aryl methyl sites for hydroxylation is 2. The molecule has 0 fully saturated rings. The second kappa shape index (κ2) is 6.55. The Balaban J connectivity index is 2.27. The van der Waals surface area contributed by atoms with Gasteiger partial charge in [-0.05, 0) is 43.5 Å². The first-order valence-electron chi connectivity index (χ1n) is 8.21. The fraction of sp³-hybridized carbons (Fsp3) is 0.238. The maximum absolute atomic E-state index is 12.9. The number of carbonyl (C=O) groups is 1. The third-order valence-electron chi connectivity index (χ3n) is 4.45. The zero-order chi connectivity index (χ0) is 18.1. The van der Waals surface area contributed by atoms with Gasteiger partial charge in [0, 0.05) is 18.4 Å². The Hall–Kier alpha value is -2.88. The maximum Gasteiger partial charge on any atom is 0.200 e. The Kier molecular flexibility index (Phi) is 4.45. The summed E-state index contributed by atoms with van der Waals surface area (Å²) in [6.07, 6.45) is 1.31. The number of carbonyl (C=O) groups excluding carboxylic acids is 1. The highest BCUT2D eigenvalue weighted by atomic mass is 16.3. The van der Waals surface area contributed by atoms with Crippen molar-refractivity contribution in [2.45, 2.75) is 33.1 Å². The van der Waals surface area contributed by atoms with Gasteiger partial charge in [0.2, 0.25) is 5.43 Å². The number of aliphatic hydroxyl groups is 1. The van der Waals surface area contributed by atoms with Crippen LogP contribution in [0.15, 0.2) is 51.9 Å². The fourth-order valence-corrected chi connectivity index (χ4v) is 3.11. The normalized spacial score (nSPS) is 11.1. The van der Waals surface area contributed by atoms with Crippen LogP contribution in [-0.2, 0) is 17.6 Å². The Morgan fingerprint density at radius 2 is 1.84 bits per heavy atom. The minimum Gasteiger partial charge on any atom is -0.513 e. The second-order valence-corrected chi connectivity index (χ2v) is 6.40. The molecule has 1 aromatic heterocycles. The molecule has 1 N–H and O–H groups in total. The van der Waals surface area contributed by atoms with E-state index in [1.807, 2.05) is 19.1 Å². The highest BCUT2D eigenvalue weighted by molar-refractivity contribution is 5.92. The topological polar surface area (TPSA) is 67.5 Å². The predicted octanol–water partition coefficient (Wildman–Crippen LogP) is 4.39. The van der Waals surface area contributed by atoms with E-state index < -0.39 is 0 Å². The molecule has 0 spiro atoms. The molecule has 0 unspecified atom stereocenters. The van der Waals surface area contributed by atoms with E-state index in [0.29, 0.717) is 34.8 Å². The van der Waals surface area contributed by atoms with Crippen LogP contribution in [-0.4, -0.2) is 10.9 Å². The number of fused-ring (bicyclic) bond motifs is 2. The van der Waals surface area contributed by atoms with Gasteiger partial charge in [-0.3, -0.25) is 4.79 Å². The first kappa shape index (κ1) is 17.0. The lowest BCUT2D eigenvalue weighted by Gasteiger charge is -2.11. The van der Waals surface area contributed by atoms with Gasteiger partial charge in [0.15, 0.2) is 0 Å². The van der Waals surface area contributed by atoms with E-state index in [4.69, 9.17) is 4.42 Å². The summed E-state index contributed by atoms with van der Waals surface area (Å²) in [4.78, 5) is 24.1. The molecule has 1 heterocycles. The molecule has 0 saturated carbocycles. The summed E-state index contributed by atoms with van der Waals surface area (Å²) in [5.74, 6) is 0.144. The summed E-state index contributed by atoms with van der Waals surface area (Å²) in [5, 5.41) is 10.5. The van der Waals surface area contributed by atoms with Crippen molar-refractivity contribution >= 4 is 27.7 Å². The molecule has 0 saturated heterocycles. The summed E-state index contributed by atoms with van der Waals surface area (Å²) < 4.78 is 6.10. The molecule has 3 rings (SSSR count). The number of allylic oxidation sites excluding steroid dienone is 1. The molecule has 3 aromatic rings. The second-order valence-electron chi connectivity index (χ2n) is 6.40. The average molecular weight is 336 g/mol. The van der Waals surface area contributed by atoms with Gasteiger partial charge in [-0.1, -0.05) is 24.8 Å². The van der Waals surface area contributed by atoms with Crippen molar-refractivity contribution in [3.8, 4) is 0 Å². The highest BCUT2D eigenvalue weighted by Crippen LogP contribution is 2.27. The van der Waals surface area contributed by atoms with E-state index in [0.717, 1.165) is 16.7 Å². The van der Waals surface area contributed by atoms with Crippen LogP contribution >= 0.6 is 0 Å². The number of hydrogen-bond acceptors (Lipinski definition) is 4. The summed E-state index contributed by atoms with van der Waals surface area (Å²) in [7, 11) is 0. The fourth-order valence-electron chi connectivity index (χ4n) is 3.11. The molecule has 0 aliphatic heterocycles. The maximum atomic E-state index is 12.9. The Bertz CT molecular complexity index is 1060. The summed E-state index contributed by atoms with van der Waals surface area (Å²) >= 11 is 0. The van der Waals surface area contributed by atoms with E-state index >= 15 is 0 Å². The van der Waals surface area contributed by atoms with Gasteiger partial charge >= 0.3 is 0 Å². The Labute approximate surface area is 145 Å².